The molecule has 4 nitrogen and oxygen atoms in total. The van der Waals surface area contributed by atoms with E-state index in [2.05, 4.69) is 12.1 Å². The van der Waals surface area contributed by atoms with E-state index in [1.165, 1.54) is 11.1 Å². The molecule has 0 spiro atoms. The van der Waals surface area contributed by atoms with E-state index < -0.39 is 11.0 Å². The van der Waals surface area contributed by atoms with E-state index in [4.69, 9.17) is 0 Å². The van der Waals surface area contributed by atoms with E-state index in [1.807, 2.05) is 59.2 Å². The Kier molecular flexibility index (Phi) is 3.48. The van der Waals surface area contributed by atoms with Crippen molar-refractivity contribution in [2.24, 2.45) is 0 Å². The first-order valence-electron chi connectivity index (χ1n) is 9.78. The van der Waals surface area contributed by atoms with E-state index in [0.29, 0.717) is 19.6 Å². The number of carbonyl (C=O) groups excluding carboxylic acids is 2. The van der Waals surface area contributed by atoms with E-state index in [0.717, 1.165) is 24.8 Å². The Labute approximate surface area is 159 Å². The molecule has 2 aromatic carbocycles. The summed E-state index contributed by atoms with van der Waals surface area (Å²) in [6.45, 7) is 3.92. The third-order valence-electron chi connectivity index (χ3n) is 6.74. The molecular weight excluding hydrogens is 336 g/mol. The summed E-state index contributed by atoms with van der Waals surface area (Å²) >= 11 is 0. The maximum Gasteiger partial charge on any atom is 0.248 e. The molecule has 27 heavy (non-hydrogen) atoms. The van der Waals surface area contributed by atoms with Crippen LogP contribution in [0.15, 0.2) is 54.6 Å². The van der Waals surface area contributed by atoms with Crippen LogP contribution in [-0.2, 0) is 28.1 Å². The second-order valence-corrected chi connectivity index (χ2v) is 8.36. The fourth-order valence-electron chi connectivity index (χ4n) is 4.69. The van der Waals surface area contributed by atoms with Gasteiger partial charge in [0.25, 0.3) is 0 Å². The van der Waals surface area contributed by atoms with Crippen LogP contribution in [0.1, 0.15) is 42.9 Å². The minimum absolute atomic E-state index is 0.0853. The molecule has 1 unspecified atom stereocenters. The van der Waals surface area contributed by atoms with Gasteiger partial charge in [0, 0.05) is 19.6 Å². The van der Waals surface area contributed by atoms with E-state index >= 15 is 0 Å². The molecule has 5 rings (SSSR count). The molecule has 2 aromatic rings. The van der Waals surface area contributed by atoms with Gasteiger partial charge in [-0.15, -0.1) is 0 Å². The highest BCUT2D eigenvalue weighted by Gasteiger charge is 2.60. The summed E-state index contributed by atoms with van der Waals surface area (Å²) in [6, 6.07) is 18.3. The van der Waals surface area contributed by atoms with Crippen molar-refractivity contribution in [2.75, 3.05) is 6.54 Å². The maximum absolute atomic E-state index is 13.4. The topological polar surface area (TPSA) is 40.6 Å². The van der Waals surface area contributed by atoms with Crippen LogP contribution in [0.25, 0.3) is 0 Å². The lowest BCUT2D eigenvalue weighted by Gasteiger charge is -2.51. The number of hydrogen-bond acceptors (Lipinski definition) is 2. The van der Waals surface area contributed by atoms with Crippen LogP contribution in [0.5, 0.6) is 0 Å². The van der Waals surface area contributed by atoms with Crippen molar-refractivity contribution in [1.29, 1.82) is 0 Å². The molecule has 138 valence electrons. The molecule has 2 amide bonds. The van der Waals surface area contributed by atoms with Crippen LogP contribution >= 0.6 is 0 Å². The number of benzene rings is 2. The molecular formula is C23H24N2O2. The van der Waals surface area contributed by atoms with E-state index in [9.17, 15) is 9.59 Å². The van der Waals surface area contributed by atoms with Gasteiger partial charge in [0.05, 0.1) is 5.41 Å². The number of fused-ring (bicyclic) bond motifs is 1. The van der Waals surface area contributed by atoms with Crippen molar-refractivity contribution in [1.82, 2.24) is 9.80 Å². The van der Waals surface area contributed by atoms with Crippen molar-refractivity contribution in [3.63, 3.8) is 0 Å². The fraction of sp³-hybridized carbons (Fsp3) is 0.391. The number of nitrogens with zero attached hydrogens (tertiary/aromatic N) is 2. The van der Waals surface area contributed by atoms with Gasteiger partial charge in [-0.05, 0) is 42.9 Å². The molecule has 0 aromatic heterocycles. The zero-order valence-corrected chi connectivity index (χ0v) is 15.6. The van der Waals surface area contributed by atoms with E-state index in [1.54, 1.807) is 0 Å². The Morgan fingerprint density at radius 1 is 0.815 bits per heavy atom. The number of carbonyl (C=O) groups is 2. The summed E-state index contributed by atoms with van der Waals surface area (Å²) in [6.07, 6.45) is 2.51. The maximum atomic E-state index is 13.4. The van der Waals surface area contributed by atoms with Gasteiger partial charge in [-0.25, -0.2) is 0 Å². The molecule has 2 fully saturated rings. The summed E-state index contributed by atoms with van der Waals surface area (Å²) in [7, 11) is 0. The molecule has 0 bridgehead atoms. The van der Waals surface area contributed by atoms with Gasteiger partial charge in [-0.2, -0.15) is 0 Å². The summed E-state index contributed by atoms with van der Waals surface area (Å²) in [5.41, 5.74) is 2.41. The number of hydrogen-bond donors (Lipinski definition) is 0. The summed E-state index contributed by atoms with van der Waals surface area (Å²) in [5.74, 6) is 0.217. The molecule has 1 atom stereocenters. The quantitative estimate of drug-likeness (QED) is 0.843. The van der Waals surface area contributed by atoms with Gasteiger partial charge in [-0.1, -0.05) is 54.6 Å². The molecule has 1 saturated heterocycles. The van der Waals surface area contributed by atoms with Crippen molar-refractivity contribution in [3.8, 4) is 0 Å². The van der Waals surface area contributed by atoms with Crippen LogP contribution in [0, 0.1) is 0 Å². The van der Waals surface area contributed by atoms with Crippen LogP contribution in [0.3, 0.4) is 0 Å². The first-order valence-corrected chi connectivity index (χ1v) is 9.78. The molecule has 3 aliphatic rings. The fourth-order valence-corrected chi connectivity index (χ4v) is 4.69. The second-order valence-electron chi connectivity index (χ2n) is 8.36. The smallest absolute Gasteiger partial charge is 0.248 e. The molecule has 2 aliphatic heterocycles. The van der Waals surface area contributed by atoms with Crippen molar-refractivity contribution < 1.29 is 9.59 Å². The number of rotatable bonds is 3. The average molecular weight is 360 g/mol. The number of likely N-dealkylation sites (tertiary alicyclic amines) is 1. The molecule has 0 N–H and O–H groups in total. The van der Waals surface area contributed by atoms with E-state index in [-0.39, 0.29) is 11.8 Å². The third kappa shape index (κ3) is 2.35. The summed E-state index contributed by atoms with van der Waals surface area (Å²) < 4.78 is 0. The third-order valence-corrected chi connectivity index (χ3v) is 6.74. The van der Waals surface area contributed by atoms with Crippen molar-refractivity contribution >= 4 is 11.8 Å². The highest BCUT2D eigenvalue weighted by molar-refractivity contribution is 5.98. The Morgan fingerprint density at radius 2 is 1.41 bits per heavy atom. The lowest BCUT2D eigenvalue weighted by molar-refractivity contribution is -0.166. The van der Waals surface area contributed by atoms with Gasteiger partial charge in [0.15, 0.2) is 0 Å². The van der Waals surface area contributed by atoms with Gasteiger partial charge in [0.1, 0.15) is 5.54 Å². The first-order chi connectivity index (χ1) is 13.0. The normalized spacial score (nSPS) is 24.9. The predicted octanol–water partition coefficient (Wildman–Crippen LogP) is 3.25. The average Bonchev–Trinajstić information content (AvgIpc) is 3.39. The standard InChI is InChI=1S/C23H24N2O2/c1-22(20(26)24-15-17-7-5-6-8-18(17)16-24)13-14-25(22)21(27)23(11-12-23)19-9-3-2-4-10-19/h2-10H,11-16H2,1H3. The molecule has 1 aliphatic carbocycles. The van der Waals surface area contributed by atoms with Crippen LogP contribution in [0.4, 0.5) is 0 Å². The van der Waals surface area contributed by atoms with Gasteiger partial charge < -0.3 is 9.80 Å². The molecule has 4 heteroatoms. The Bertz CT molecular complexity index is 894. The van der Waals surface area contributed by atoms with Crippen molar-refractivity contribution in [2.45, 2.75) is 50.2 Å². The zero-order valence-electron chi connectivity index (χ0n) is 15.6. The largest absolute Gasteiger partial charge is 0.332 e. The highest BCUT2D eigenvalue weighted by atomic mass is 16.2. The summed E-state index contributed by atoms with van der Waals surface area (Å²) in [4.78, 5) is 30.5. The Hall–Kier alpha value is -2.62. The lowest BCUT2D eigenvalue weighted by atomic mass is 9.81. The predicted molar refractivity (Wildman–Crippen MR) is 103 cm³/mol. The van der Waals surface area contributed by atoms with Gasteiger partial charge in [-0.3, -0.25) is 9.59 Å². The SMILES string of the molecule is CC1(C(=O)N2Cc3ccccc3C2)CCN1C(=O)C1(c2ccccc2)CC1. The Morgan fingerprint density at radius 3 is 1.93 bits per heavy atom. The molecule has 2 heterocycles. The van der Waals surface area contributed by atoms with Gasteiger partial charge in [0.2, 0.25) is 11.8 Å². The van der Waals surface area contributed by atoms with Gasteiger partial charge >= 0.3 is 0 Å². The summed E-state index contributed by atoms with van der Waals surface area (Å²) in [5, 5.41) is 0. The molecule has 0 radical (unpaired) electrons. The second kappa shape index (κ2) is 5.69. The minimum Gasteiger partial charge on any atom is -0.332 e. The van der Waals surface area contributed by atoms with Crippen molar-refractivity contribution in [3.05, 3.63) is 71.3 Å². The van der Waals surface area contributed by atoms with Crippen LogP contribution < -0.4 is 0 Å². The Balaban J connectivity index is 1.37. The first kappa shape index (κ1) is 16.5. The van der Waals surface area contributed by atoms with Crippen LogP contribution in [0.2, 0.25) is 0 Å². The number of amides is 2. The monoisotopic (exact) mass is 360 g/mol. The highest BCUT2D eigenvalue weighted by Crippen LogP contribution is 2.52. The molecule has 1 saturated carbocycles. The van der Waals surface area contributed by atoms with Crippen LogP contribution in [-0.4, -0.2) is 33.7 Å². The minimum atomic E-state index is -0.705. The lowest BCUT2D eigenvalue weighted by Crippen LogP contribution is -2.68. The zero-order chi connectivity index (χ0) is 18.6.